The summed E-state index contributed by atoms with van der Waals surface area (Å²) in [7, 11) is 0. The number of benzene rings is 1. The van der Waals surface area contributed by atoms with Gasteiger partial charge < -0.3 is 15.9 Å². The lowest BCUT2D eigenvalue weighted by molar-refractivity contribution is -0.147. The third-order valence-corrected chi connectivity index (χ3v) is 2.47. The molecule has 0 fully saturated rings. The van der Waals surface area contributed by atoms with Gasteiger partial charge in [-0.3, -0.25) is 0 Å². The molecule has 1 aromatic carbocycles. The van der Waals surface area contributed by atoms with Crippen LogP contribution in [0, 0.1) is 0 Å². The van der Waals surface area contributed by atoms with E-state index >= 15 is 0 Å². The van der Waals surface area contributed by atoms with Crippen molar-refractivity contribution in [3.05, 3.63) is 27.7 Å². The molecule has 0 amide bonds. The van der Waals surface area contributed by atoms with Crippen LogP contribution in [-0.2, 0) is 11.0 Å². The predicted molar refractivity (Wildman–Crippen MR) is 56.2 cm³/mol. The van der Waals surface area contributed by atoms with Crippen molar-refractivity contribution in [2.45, 2.75) is 12.3 Å². The van der Waals surface area contributed by atoms with Gasteiger partial charge in [0.1, 0.15) is 0 Å². The maximum Gasteiger partial charge on any atom is 0.418 e. The minimum atomic E-state index is -4.72. The Morgan fingerprint density at radius 2 is 1.94 bits per heavy atom. The normalized spacial score (nSPS) is 13.5. The summed E-state index contributed by atoms with van der Waals surface area (Å²) in [5.74, 6) is -1.68. The SMILES string of the molecule is Nc1c(C(O)C(=O)O)cc(Br)cc1C(F)(F)F. The average molecular weight is 314 g/mol. The monoisotopic (exact) mass is 313 g/mol. The number of aliphatic hydroxyl groups excluding tert-OH is 1. The van der Waals surface area contributed by atoms with Gasteiger partial charge in [-0.05, 0) is 12.1 Å². The second-order valence-electron chi connectivity index (χ2n) is 3.19. The third-order valence-electron chi connectivity index (χ3n) is 2.01. The first-order chi connectivity index (χ1) is 7.64. The summed E-state index contributed by atoms with van der Waals surface area (Å²) >= 11 is 2.80. The van der Waals surface area contributed by atoms with Crippen LogP contribution < -0.4 is 5.73 Å². The molecule has 0 aliphatic rings. The molecule has 0 bridgehead atoms. The smallest absolute Gasteiger partial charge is 0.418 e. The van der Waals surface area contributed by atoms with Crippen molar-refractivity contribution < 1.29 is 28.2 Å². The molecule has 8 heteroatoms. The van der Waals surface area contributed by atoms with E-state index < -0.39 is 35.1 Å². The van der Waals surface area contributed by atoms with Crippen LogP contribution in [0.5, 0.6) is 0 Å². The van der Waals surface area contributed by atoms with Crippen LogP contribution in [0.3, 0.4) is 0 Å². The highest BCUT2D eigenvalue weighted by Crippen LogP contribution is 2.39. The van der Waals surface area contributed by atoms with Gasteiger partial charge in [-0.25, -0.2) is 4.79 Å². The van der Waals surface area contributed by atoms with E-state index in [4.69, 9.17) is 10.8 Å². The zero-order valence-corrected chi connectivity index (χ0v) is 9.71. The Balaban J connectivity index is 3.44. The second-order valence-corrected chi connectivity index (χ2v) is 4.11. The predicted octanol–water partition coefficient (Wildman–Crippen LogP) is 2.17. The molecule has 1 aromatic rings. The largest absolute Gasteiger partial charge is 0.479 e. The number of aliphatic hydroxyl groups is 1. The molecule has 0 radical (unpaired) electrons. The molecule has 17 heavy (non-hydrogen) atoms. The average Bonchev–Trinajstić information content (AvgIpc) is 2.18. The number of nitrogens with two attached hydrogens (primary N) is 1. The number of hydrogen-bond donors (Lipinski definition) is 3. The Morgan fingerprint density at radius 1 is 1.41 bits per heavy atom. The van der Waals surface area contributed by atoms with Crippen LogP contribution in [0.25, 0.3) is 0 Å². The number of nitrogen functional groups attached to an aromatic ring is 1. The van der Waals surface area contributed by atoms with Gasteiger partial charge in [0.15, 0.2) is 6.10 Å². The Bertz CT molecular complexity index is 462. The fourth-order valence-electron chi connectivity index (χ4n) is 1.23. The van der Waals surface area contributed by atoms with Crippen molar-refractivity contribution in [3.8, 4) is 0 Å². The number of rotatable bonds is 2. The van der Waals surface area contributed by atoms with Crippen LogP contribution in [0.1, 0.15) is 17.2 Å². The van der Waals surface area contributed by atoms with Gasteiger partial charge >= 0.3 is 12.1 Å². The third kappa shape index (κ3) is 2.89. The van der Waals surface area contributed by atoms with E-state index in [9.17, 15) is 23.1 Å². The first kappa shape index (κ1) is 13.8. The Kier molecular flexibility index (Phi) is 3.68. The number of alkyl halides is 3. The molecular formula is C9H7BrF3NO3. The van der Waals surface area contributed by atoms with E-state index in [1.807, 2.05) is 0 Å². The first-order valence-corrected chi connectivity index (χ1v) is 5.01. The van der Waals surface area contributed by atoms with Crippen LogP contribution >= 0.6 is 15.9 Å². The summed E-state index contributed by atoms with van der Waals surface area (Å²) < 4.78 is 37.6. The van der Waals surface area contributed by atoms with Crippen LogP contribution in [0.2, 0.25) is 0 Å². The molecule has 0 aliphatic carbocycles. The topological polar surface area (TPSA) is 83.5 Å². The molecular weight excluding hydrogens is 307 g/mol. The summed E-state index contributed by atoms with van der Waals surface area (Å²) in [5.41, 5.74) is 2.72. The van der Waals surface area contributed by atoms with Gasteiger partial charge in [0.25, 0.3) is 0 Å². The summed E-state index contributed by atoms with van der Waals surface area (Å²) in [6.07, 6.45) is -6.82. The zero-order valence-electron chi connectivity index (χ0n) is 8.12. The quantitative estimate of drug-likeness (QED) is 0.731. The highest BCUT2D eigenvalue weighted by Gasteiger charge is 2.35. The number of hydrogen-bond acceptors (Lipinski definition) is 3. The van der Waals surface area contributed by atoms with Gasteiger partial charge in [-0.1, -0.05) is 15.9 Å². The number of anilines is 1. The number of carboxylic acids is 1. The molecule has 0 saturated carbocycles. The Morgan fingerprint density at radius 3 is 2.35 bits per heavy atom. The van der Waals surface area contributed by atoms with Crippen molar-refractivity contribution in [2.24, 2.45) is 0 Å². The fraction of sp³-hybridized carbons (Fsp3) is 0.222. The lowest BCUT2D eigenvalue weighted by Crippen LogP contribution is -2.16. The minimum Gasteiger partial charge on any atom is -0.479 e. The number of aliphatic carboxylic acids is 1. The Labute approximate surface area is 102 Å². The lowest BCUT2D eigenvalue weighted by atomic mass is 10.0. The number of carbonyl (C=O) groups is 1. The number of carboxylic acid groups (broad SMARTS) is 1. The van der Waals surface area contributed by atoms with Crippen molar-refractivity contribution in [3.63, 3.8) is 0 Å². The molecule has 1 rings (SSSR count). The van der Waals surface area contributed by atoms with E-state index in [2.05, 4.69) is 15.9 Å². The first-order valence-electron chi connectivity index (χ1n) is 4.21. The van der Waals surface area contributed by atoms with Crippen molar-refractivity contribution in [1.82, 2.24) is 0 Å². The second kappa shape index (κ2) is 4.53. The molecule has 1 unspecified atom stereocenters. The maximum atomic E-state index is 12.5. The molecule has 0 aromatic heterocycles. The summed E-state index contributed by atoms with van der Waals surface area (Å²) in [6, 6.07) is 1.75. The van der Waals surface area contributed by atoms with Gasteiger partial charge in [-0.15, -0.1) is 0 Å². The van der Waals surface area contributed by atoms with Crippen molar-refractivity contribution >= 4 is 27.6 Å². The summed E-state index contributed by atoms with van der Waals surface area (Å²) in [5, 5.41) is 17.8. The highest BCUT2D eigenvalue weighted by atomic mass is 79.9. The van der Waals surface area contributed by atoms with Crippen LogP contribution in [-0.4, -0.2) is 16.2 Å². The van der Waals surface area contributed by atoms with E-state index in [0.717, 1.165) is 6.07 Å². The summed E-state index contributed by atoms with van der Waals surface area (Å²) in [4.78, 5) is 10.5. The van der Waals surface area contributed by atoms with E-state index in [-0.39, 0.29) is 4.47 Å². The lowest BCUT2D eigenvalue weighted by Gasteiger charge is -2.16. The molecule has 0 aliphatic heterocycles. The minimum absolute atomic E-state index is 0.0191. The zero-order chi connectivity index (χ0) is 13.4. The summed E-state index contributed by atoms with van der Waals surface area (Å²) in [6.45, 7) is 0. The number of halogens is 4. The molecule has 0 heterocycles. The van der Waals surface area contributed by atoms with Gasteiger partial charge in [-0.2, -0.15) is 13.2 Å². The van der Waals surface area contributed by atoms with E-state index in [1.165, 1.54) is 0 Å². The van der Waals surface area contributed by atoms with E-state index in [1.54, 1.807) is 0 Å². The standard InChI is InChI=1S/C9H7BrF3NO3/c10-3-1-4(7(15)8(16)17)6(14)5(2-3)9(11,12)13/h1-2,7,15H,14H2,(H,16,17). The van der Waals surface area contributed by atoms with Gasteiger partial charge in [0.2, 0.25) is 0 Å². The van der Waals surface area contributed by atoms with Crippen LogP contribution in [0.15, 0.2) is 16.6 Å². The fourth-order valence-corrected chi connectivity index (χ4v) is 1.71. The van der Waals surface area contributed by atoms with Gasteiger partial charge in [0, 0.05) is 10.0 Å². The molecule has 0 saturated heterocycles. The van der Waals surface area contributed by atoms with E-state index in [0.29, 0.717) is 6.07 Å². The molecule has 1 atom stereocenters. The van der Waals surface area contributed by atoms with Crippen molar-refractivity contribution in [1.29, 1.82) is 0 Å². The molecule has 94 valence electrons. The van der Waals surface area contributed by atoms with Crippen LogP contribution in [0.4, 0.5) is 18.9 Å². The molecule has 0 spiro atoms. The Hall–Kier alpha value is -1.28. The highest BCUT2D eigenvalue weighted by molar-refractivity contribution is 9.10. The maximum absolute atomic E-state index is 12.5. The van der Waals surface area contributed by atoms with Crippen molar-refractivity contribution in [2.75, 3.05) is 5.73 Å². The molecule has 4 N–H and O–H groups in total. The van der Waals surface area contributed by atoms with Gasteiger partial charge in [0.05, 0.1) is 11.3 Å². The molecule has 4 nitrogen and oxygen atoms in total.